The lowest BCUT2D eigenvalue weighted by atomic mass is 9.96. The van der Waals surface area contributed by atoms with Crippen LogP contribution in [0.25, 0.3) is 0 Å². The Balaban J connectivity index is 1.19. The van der Waals surface area contributed by atoms with Gasteiger partial charge < -0.3 is 10.1 Å². The average molecular weight is 439 g/mol. The van der Waals surface area contributed by atoms with Crippen molar-refractivity contribution in [1.29, 1.82) is 0 Å². The normalized spacial score (nSPS) is 17.3. The van der Waals surface area contributed by atoms with E-state index in [9.17, 15) is 4.79 Å². The molecule has 2 aliphatic heterocycles. The van der Waals surface area contributed by atoms with Gasteiger partial charge in [-0.1, -0.05) is 31.2 Å². The van der Waals surface area contributed by atoms with Crippen LogP contribution in [0.4, 0.5) is 0 Å². The first-order chi connectivity index (χ1) is 15.6. The fourth-order valence-electron chi connectivity index (χ4n) is 4.93. The molecule has 32 heavy (non-hydrogen) atoms. The van der Waals surface area contributed by atoms with Crippen LogP contribution in [0.1, 0.15) is 60.7 Å². The van der Waals surface area contributed by atoms with Gasteiger partial charge in [0.2, 0.25) is 5.91 Å². The zero-order valence-corrected chi connectivity index (χ0v) is 19.7. The molecule has 0 aliphatic carbocycles. The number of carbonyl (C=O) groups excluding carboxylic acids is 1. The quantitative estimate of drug-likeness (QED) is 0.649. The van der Waals surface area contributed by atoms with E-state index in [0.29, 0.717) is 25.4 Å². The van der Waals surface area contributed by atoms with Crippen LogP contribution in [0.3, 0.4) is 0 Å². The molecule has 0 radical (unpaired) electrons. The minimum absolute atomic E-state index is 0.142. The third-order valence-corrected chi connectivity index (χ3v) is 6.95. The first-order valence-corrected chi connectivity index (χ1v) is 12.3. The highest BCUT2D eigenvalue weighted by molar-refractivity contribution is 5.76. The number of piperidine rings is 1. The van der Waals surface area contributed by atoms with Crippen LogP contribution in [0.15, 0.2) is 24.3 Å². The molecule has 0 atom stereocenters. The van der Waals surface area contributed by atoms with Crippen LogP contribution in [-0.4, -0.2) is 46.8 Å². The summed E-state index contributed by atoms with van der Waals surface area (Å²) in [5, 5.41) is 7.99. The van der Waals surface area contributed by atoms with Gasteiger partial charge in [-0.25, -0.2) is 0 Å². The second-order valence-electron chi connectivity index (χ2n) is 9.35. The molecular weight excluding hydrogens is 400 g/mol. The SMILES string of the molecule is CCCn1nc(CCC(=O)NCC2CCN(Cc3ccccc3C)CC2)c2c1CCOC2. The Labute approximate surface area is 192 Å². The van der Waals surface area contributed by atoms with E-state index in [2.05, 4.69) is 53.0 Å². The topological polar surface area (TPSA) is 59.4 Å². The summed E-state index contributed by atoms with van der Waals surface area (Å²) in [6.07, 6.45) is 5.50. The molecule has 1 saturated heterocycles. The van der Waals surface area contributed by atoms with E-state index in [4.69, 9.17) is 9.84 Å². The summed E-state index contributed by atoms with van der Waals surface area (Å²) in [5.41, 5.74) is 6.37. The van der Waals surface area contributed by atoms with E-state index < -0.39 is 0 Å². The Kier molecular flexibility index (Phi) is 7.98. The molecule has 1 N–H and O–H groups in total. The number of hydrogen-bond acceptors (Lipinski definition) is 4. The Bertz CT molecular complexity index is 899. The largest absolute Gasteiger partial charge is 0.376 e. The Morgan fingerprint density at radius 2 is 2.06 bits per heavy atom. The maximum absolute atomic E-state index is 12.5. The predicted molar refractivity (Wildman–Crippen MR) is 126 cm³/mol. The van der Waals surface area contributed by atoms with Crippen LogP contribution in [0.2, 0.25) is 0 Å². The van der Waals surface area contributed by atoms with Gasteiger partial charge in [-0.2, -0.15) is 5.10 Å². The molecule has 0 saturated carbocycles. The molecule has 0 unspecified atom stereocenters. The Morgan fingerprint density at radius 1 is 1.25 bits per heavy atom. The van der Waals surface area contributed by atoms with Crippen LogP contribution in [-0.2, 0) is 42.1 Å². The highest BCUT2D eigenvalue weighted by Gasteiger charge is 2.22. The van der Waals surface area contributed by atoms with E-state index >= 15 is 0 Å². The molecule has 1 fully saturated rings. The lowest BCUT2D eigenvalue weighted by molar-refractivity contribution is -0.121. The number of aromatic nitrogens is 2. The molecule has 0 spiro atoms. The minimum Gasteiger partial charge on any atom is -0.376 e. The highest BCUT2D eigenvalue weighted by atomic mass is 16.5. The van der Waals surface area contributed by atoms with Crippen molar-refractivity contribution in [1.82, 2.24) is 20.0 Å². The molecule has 2 aromatic rings. The molecule has 2 aliphatic rings. The lowest BCUT2D eigenvalue weighted by Gasteiger charge is -2.32. The second-order valence-corrected chi connectivity index (χ2v) is 9.35. The summed E-state index contributed by atoms with van der Waals surface area (Å²) in [6, 6.07) is 8.65. The summed E-state index contributed by atoms with van der Waals surface area (Å²) in [6.45, 7) is 10.8. The average Bonchev–Trinajstić information content (AvgIpc) is 3.17. The maximum atomic E-state index is 12.5. The first kappa shape index (κ1) is 23.0. The summed E-state index contributed by atoms with van der Waals surface area (Å²) >= 11 is 0. The first-order valence-electron chi connectivity index (χ1n) is 12.3. The van der Waals surface area contributed by atoms with Crippen molar-refractivity contribution in [2.75, 3.05) is 26.2 Å². The number of fused-ring (bicyclic) bond motifs is 1. The fraction of sp³-hybridized carbons (Fsp3) is 0.615. The van der Waals surface area contributed by atoms with Gasteiger partial charge in [0.1, 0.15) is 0 Å². The van der Waals surface area contributed by atoms with Gasteiger partial charge in [0.25, 0.3) is 0 Å². The van der Waals surface area contributed by atoms with Gasteiger partial charge in [-0.05, 0) is 56.3 Å². The Morgan fingerprint density at radius 3 is 2.84 bits per heavy atom. The van der Waals surface area contributed by atoms with Crippen molar-refractivity contribution in [3.8, 4) is 0 Å². The van der Waals surface area contributed by atoms with Gasteiger partial charge >= 0.3 is 0 Å². The number of nitrogens with one attached hydrogen (secondary N) is 1. The van der Waals surface area contributed by atoms with Crippen molar-refractivity contribution in [3.63, 3.8) is 0 Å². The highest BCUT2D eigenvalue weighted by Crippen LogP contribution is 2.23. The number of nitrogens with zero attached hydrogens (tertiary/aromatic N) is 3. The lowest BCUT2D eigenvalue weighted by Crippen LogP contribution is -2.38. The standard InChI is InChI=1S/C26H38N4O2/c1-3-13-30-25-12-16-32-19-23(25)24(28-30)8-9-26(31)27-17-21-10-14-29(15-11-21)18-22-7-5-4-6-20(22)2/h4-7,21H,3,8-19H2,1-2H3,(H,27,31). The van der Waals surface area contributed by atoms with Crippen LogP contribution >= 0.6 is 0 Å². The minimum atomic E-state index is 0.142. The molecule has 1 aromatic carbocycles. The molecule has 0 bridgehead atoms. The molecule has 3 heterocycles. The number of amides is 1. The molecule has 4 rings (SSSR count). The van der Waals surface area contributed by atoms with Crippen LogP contribution in [0, 0.1) is 12.8 Å². The van der Waals surface area contributed by atoms with E-state index in [1.165, 1.54) is 22.4 Å². The van der Waals surface area contributed by atoms with Crippen molar-refractivity contribution in [3.05, 3.63) is 52.3 Å². The second kappa shape index (κ2) is 11.1. The summed E-state index contributed by atoms with van der Waals surface area (Å²) in [5.74, 6) is 0.722. The molecular formula is C26H38N4O2. The van der Waals surface area contributed by atoms with Gasteiger partial charge in [0.05, 0.1) is 18.9 Å². The molecule has 1 aromatic heterocycles. The van der Waals surface area contributed by atoms with E-state index in [0.717, 1.165) is 70.7 Å². The van der Waals surface area contributed by atoms with Gasteiger partial charge in [-0.3, -0.25) is 14.4 Å². The van der Waals surface area contributed by atoms with E-state index in [-0.39, 0.29) is 5.91 Å². The summed E-state index contributed by atoms with van der Waals surface area (Å²) in [4.78, 5) is 15.1. The summed E-state index contributed by atoms with van der Waals surface area (Å²) < 4.78 is 7.79. The third kappa shape index (κ3) is 5.78. The zero-order chi connectivity index (χ0) is 22.3. The molecule has 6 nitrogen and oxygen atoms in total. The van der Waals surface area contributed by atoms with Crippen LogP contribution < -0.4 is 5.32 Å². The number of likely N-dealkylation sites (tertiary alicyclic amines) is 1. The van der Waals surface area contributed by atoms with Gasteiger partial charge in [0.15, 0.2) is 0 Å². The number of carbonyl (C=O) groups is 1. The zero-order valence-electron chi connectivity index (χ0n) is 19.7. The van der Waals surface area contributed by atoms with Gasteiger partial charge in [-0.15, -0.1) is 0 Å². The smallest absolute Gasteiger partial charge is 0.220 e. The number of ether oxygens (including phenoxy) is 1. The number of hydrogen-bond donors (Lipinski definition) is 1. The molecule has 174 valence electrons. The van der Waals surface area contributed by atoms with Crippen molar-refractivity contribution in [2.24, 2.45) is 5.92 Å². The fourth-order valence-corrected chi connectivity index (χ4v) is 4.93. The predicted octanol–water partition coefficient (Wildman–Crippen LogP) is 3.64. The maximum Gasteiger partial charge on any atom is 0.220 e. The van der Waals surface area contributed by atoms with E-state index in [1.807, 2.05) is 0 Å². The van der Waals surface area contributed by atoms with Crippen LogP contribution in [0.5, 0.6) is 0 Å². The monoisotopic (exact) mass is 438 g/mol. The molecule has 1 amide bonds. The van der Waals surface area contributed by atoms with Gasteiger partial charge in [0, 0.05) is 50.2 Å². The Hall–Kier alpha value is -2.18. The number of benzene rings is 1. The van der Waals surface area contributed by atoms with E-state index in [1.54, 1.807) is 0 Å². The van der Waals surface area contributed by atoms with Crippen molar-refractivity contribution < 1.29 is 9.53 Å². The number of rotatable bonds is 9. The third-order valence-electron chi connectivity index (χ3n) is 6.95. The van der Waals surface area contributed by atoms with Crippen molar-refractivity contribution >= 4 is 5.91 Å². The number of aryl methyl sites for hydroxylation is 3. The molecule has 6 heteroatoms. The van der Waals surface area contributed by atoms with Crippen molar-refractivity contribution in [2.45, 2.75) is 72.1 Å². The summed E-state index contributed by atoms with van der Waals surface area (Å²) in [7, 11) is 0.